The molecule has 0 amide bonds. The van der Waals surface area contributed by atoms with Crippen molar-refractivity contribution in [3.05, 3.63) is 87.9 Å². The minimum absolute atomic E-state index is 0.0968. The first kappa shape index (κ1) is 19.0. The lowest BCUT2D eigenvalue weighted by Crippen LogP contribution is -2.33. The monoisotopic (exact) mass is 464 g/mol. The van der Waals surface area contributed by atoms with Crippen molar-refractivity contribution >= 4 is 21.6 Å². The lowest BCUT2D eigenvalue weighted by molar-refractivity contribution is -0.0191. The van der Waals surface area contributed by atoms with Crippen LogP contribution in [-0.4, -0.2) is 24.9 Å². The van der Waals surface area contributed by atoms with Gasteiger partial charge in [0.2, 0.25) is 6.23 Å². The Balaban J connectivity index is 1.58. The van der Waals surface area contributed by atoms with E-state index in [1.54, 1.807) is 14.2 Å². The first-order chi connectivity index (χ1) is 14.7. The Morgan fingerprint density at radius 3 is 2.53 bits per heavy atom. The molecule has 0 aromatic heterocycles. The Kier molecular flexibility index (Phi) is 4.87. The van der Waals surface area contributed by atoms with Crippen LogP contribution in [0, 0.1) is 0 Å². The van der Waals surface area contributed by atoms with Crippen molar-refractivity contribution in [3.8, 4) is 17.2 Å². The van der Waals surface area contributed by atoms with Gasteiger partial charge in [-0.2, -0.15) is 5.10 Å². The third kappa shape index (κ3) is 3.31. The van der Waals surface area contributed by atoms with Crippen molar-refractivity contribution in [1.29, 1.82) is 0 Å². The molecular formula is C24H21BrN2O3. The number of rotatable bonds is 4. The van der Waals surface area contributed by atoms with E-state index in [1.165, 1.54) is 0 Å². The van der Waals surface area contributed by atoms with Crippen LogP contribution >= 0.6 is 15.9 Å². The van der Waals surface area contributed by atoms with Gasteiger partial charge in [0.25, 0.3) is 0 Å². The second kappa shape index (κ2) is 7.69. The molecule has 0 radical (unpaired) electrons. The second-order valence-corrected chi connectivity index (χ2v) is 8.22. The number of hydrogen-bond donors (Lipinski definition) is 0. The molecule has 3 aromatic carbocycles. The average Bonchev–Trinajstić information content (AvgIpc) is 3.25. The standard InChI is InChI=1S/C24H21BrN2O3/c1-28-18-9-6-15(7-10-18)24-27-22(20-13-17(25)8-11-23(20)30-24)14-21(26-27)16-4-3-5-19(12-16)29-2/h3-13,22,24H,14H2,1-2H3/t22-,24+/m0/s1. The highest BCUT2D eigenvalue weighted by atomic mass is 79.9. The average molecular weight is 465 g/mol. The first-order valence-corrected chi connectivity index (χ1v) is 10.6. The Bertz CT molecular complexity index is 1110. The van der Waals surface area contributed by atoms with Crippen LogP contribution in [0.4, 0.5) is 0 Å². The fraction of sp³-hybridized carbons (Fsp3) is 0.208. The van der Waals surface area contributed by atoms with E-state index in [2.05, 4.69) is 33.1 Å². The normalized spacial score (nSPS) is 19.4. The summed E-state index contributed by atoms with van der Waals surface area (Å²) >= 11 is 3.60. The van der Waals surface area contributed by atoms with Crippen molar-refractivity contribution in [2.24, 2.45) is 5.10 Å². The van der Waals surface area contributed by atoms with Crippen LogP contribution in [0.15, 0.2) is 76.3 Å². The predicted octanol–water partition coefficient (Wildman–Crippen LogP) is 5.71. The Morgan fingerprint density at radius 2 is 1.77 bits per heavy atom. The van der Waals surface area contributed by atoms with Gasteiger partial charge < -0.3 is 14.2 Å². The molecule has 2 atom stereocenters. The molecule has 152 valence electrons. The van der Waals surface area contributed by atoms with E-state index in [0.717, 1.165) is 50.5 Å². The molecule has 2 aliphatic rings. The minimum atomic E-state index is -0.308. The fourth-order valence-electron chi connectivity index (χ4n) is 4.02. The number of hydrogen-bond acceptors (Lipinski definition) is 5. The first-order valence-electron chi connectivity index (χ1n) is 9.76. The third-order valence-corrected chi connectivity index (χ3v) is 6.05. The summed E-state index contributed by atoms with van der Waals surface area (Å²) in [6, 6.07) is 22.3. The van der Waals surface area contributed by atoms with E-state index >= 15 is 0 Å². The zero-order chi connectivity index (χ0) is 20.7. The van der Waals surface area contributed by atoms with Crippen molar-refractivity contribution in [2.45, 2.75) is 18.7 Å². The molecule has 0 saturated carbocycles. The summed E-state index contributed by atoms with van der Waals surface area (Å²) in [5, 5.41) is 7.08. The summed E-state index contributed by atoms with van der Waals surface area (Å²) in [6.45, 7) is 0. The van der Waals surface area contributed by atoms with Crippen LogP contribution in [0.5, 0.6) is 17.2 Å². The van der Waals surface area contributed by atoms with Gasteiger partial charge in [0, 0.05) is 27.6 Å². The van der Waals surface area contributed by atoms with Crippen molar-refractivity contribution in [2.75, 3.05) is 14.2 Å². The molecule has 5 rings (SSSR count). The van der Waals surface area contributed by atoms with Gasteiger partial charge in [-0.3, -0.25) is 0 Å². The van der Waals surface area contributed by atoms with Gasteiger partial charge in [-0.05, 0) is 54.6 Å². The van der Waals surface area contributed by atoms with Crippen LogP contribution in [-0.2, 0) is 0 Å². The zero-order valence-corrected chi connectivity index (χ0v) is 18.3. The van der Waals surface area contributed by atoms with E-state index in [-0.39, 0.29) is 12.3 Å². The molecule has 0 unspecified atom stereocenters. The Labute approximate surface area is 184 Å². The van der Waals surface area contributed by atoms with E-state index < -0.39 is 0 Å². The smallest absolute Gasteiger partial charge is 0.213 e. The summed E-state index contributed by atoms with van der Waals surface area (Å²) in [5.74, 6) is 2.53. The van der Waals surface area contributed by atoms with Gasteiger partial charge >= 0.3 is 0 Å². The molecule has 3 aromatic rings. The van der Waals surface area contributed by atoms with Gasteiger partial charge in [0.15, 0.2) is 0 Å². The summed E-state index contributed by atoms with van der Waals surface area (Å²) < 4.78 is 18.2. The van der Waals surface area contributed by atoms with Crippen molar-refractivity contribution < 1.29 is 14.2 Å². The molecule has 0 N–H and O–H groups in total. The molecule has 0 fully saturated rings. The van der Waals surface area contributed by atoms with E-state index in [4.69, 9.17) is 19.3 Å². The summed E-state index contributed by atoms with van der Waals surface area (Å²) in [6.07, 6.45) is 0.491. The quantitative estimate of drug-likeness (QED) is 0.495. The van der Waals surface area contributed by atoms with Crippen molar-refractivity contribution in [1.82, 2.24) is 5.01 Å². The maximum atomic E-state index is 6.42. The van der Waals surface area contributed by atoms with Gasteiger partial charge in [0.1, 0.15) is 17.2 Å². The van der Waals surface area contributed by atoms with Crippen LogP contribution in [0.25, 0.3) is 0 Å². The number of benzene rings is 3. The Morgan fingerprint density at radius 1 is 0.967 bits per heavy atom. The maximum absolute atomic E-state index is 6.42. The highest BCUT2D eigenvalue weighted by molar-refractivity contribution is 9.10. The molecule has 0 spiro atoms. The molecule has 0 saturated heterocycles. The third-order valence-electron chi connectivity index (χ3n) is 5.56. The zero-order valence-electron chi connectivity index (χ0n) is 16.7. The van der Waals surface area contributed by atoms with Gasteiger partial charge in [0.05, 0.1) is 26.0 Å². The second-order valence-electron chi connectivity index (χ2n) is 7.30. The highest BCUT2D eigenvalue weighted by Crippen LogP contribution is 2.48. The minimum Gasteiger partial charge on any atom is -0.497 e. The van der Waals surface area contributed by atoms with Gasteiger partial charge in [-0.1, -0.05) is 28.1 Å². The van der Waals surface area contributed by atoms with Crippen LogP contribution in [0.2, 0.25) is 0 Å². The molecule has 2 aliphatic heterocycles. The molecule has 5 nitrogen and oxygen atoms in total. The summed E-state index contributed by atoms with van der Waals surface area (Å²) in [4.78, 5) is 0. The van der Waals surface area contributed by atoms with Gasteiger partial charge in [-0.25, -0.2) is 5.01 Å². The molecule has 2 heterocycles. The summed E-state index contributed by atoms with van der Waals surface area (Å²) in [7, 11) is 3.35. The van der Waals surface area contributed by atoms with Crippen LogP contribution < -0.4 is 14.2 Å². The van der Waals surface area contributed by atoms with E-state index in [0.29, 0.717) is 0 Å². The fourth-order valence-corrected chi connectivity index (χ4v) is 4.40. The number of methoxy groups -OCH3 is 2. The molecular weight excluding hydrogens is 444 g/mol. The predicted molar refractivity (Wildman–Crippen MR) is 119 cm³/mol. The van der Waals surface area contributed by atoms with Gasteiger partial charge in [-0.15, -0.1) is 0 Å². The lowest BCUT2D eigenvalue weighted by Gasteiger charge is -2.38. The largest absolute Gasteiger partial charge is 0.497 e. The molecule has 6 heteroatoms. The van der Waals surface area contributed by atoms with E-state index in [9.17, 15) is 0 Å². The summed E-state index contributed by atoms with van der Waals surface area (Å²) in [5.41, 5.74) is 4.25. The molecule has 0 aliphatic carbocycles. The molecule has 30 heavy (non-hydrogen) atoms. The van der Waals surface area contributed by atoms with Crippen molar-refractivity contribution in [3.63, 3.8) is 0 Å². The van der Waals surface area contributed by atoms with Crippen LogP contribution in [0.1, 0.15) is 35.4 Å². The number of hydrazone groups is 1. The SMILES string of the molecule is COc1ccc([C@H]2Oc3ccc(Br)cc3[C@@H]3CC(c4cccc(OC)c4)=NN23)cc1. The highest BCUT2D eigenvalue weighted by Gasteiger charge is 2.41. The topological polar surface area (TPSA) is 43.3 Å². The number of fused-ring (bicyclic) bond motifs is 3. The number of halogens is 1. The number of nitrogens with zero attached hydrogens (tertiary/aromatic N) is 2. The number of ether oxygens (including phenoxy) is 3. The Hall–Kier alpha value is -2.99. The molecule has 0 bridgehead atoms. The van der Waals surface area contributed by atoms with E-state index in [1.807, 2.05) is 54.6 Å². The lowest BCUT2D eigenvalue weighted by atomic mass is 9.96. The van der Waals surface area contributed by atoms with Crippen LogP contribution in [0.3, 0.4) is 0 Å². The maximum Gasteiger partial charge on any atom is 0.213 e.